The Morgan fingerprint density at radius 2 is 1.60 bits per heavy atom. The van der Waals surface area contributed by atoms with E-state index in [4.69, 9.17) is 0 Å². The summed E-state index contributed by atoms with van der Waals surface area (Å²) >= 11 is 0. The van der Waals surface area contributed by atoms with Crippen LogP contribution in [0.5, 0.6) is 0 Å². The molecule has 1 atom stereocenters. The highest BCUT2D eigenvalue weighted by Crippen LogP contribution is 2.22. The average molecular weight is 267 g/mol. The second-order valence-electron chi connectivity index (χ2n) is 5.32. The van der Waals surface area contributed by atoms with Crippen molar-refractivity contribution in [2.45, 2.75) is 45.6 Å². The topological polar surface area (TPSA) is 12.0 Å². The van der Waals surface area contributed by atoms with E-state index in [0.29, 0.717) is 6.04 Å². The lowest BCUT2D eigenvalue weighted by molar-refractivity contribution is 0.749. The van der Waals surface area contributed by atoms with Crippen LogP contribution in [-0.4, -0.2) is 0 Å². The van der Waals surface area contributed by atoms with Crippen LogP contribution < -0.4 is 5.32 Å². The van der Waals surface area contributed by atoms with Crippen molar-refractivity contribution in [2.24, 2.45) is 0 Å². The Labute approximate surface area is 123 Å². The van der Waals surface area contributed by atoms with Crippen molar-refractivity contribution < 1.29 is 0 Å². The van der Waals surface area contributed by atoms with Crippen LogP contribution in [0.15, 0.2) is 54.6 Å². The van der Waals surface area contributed by atoms with Gasteiger partial charge in [0, 0.05) is 5.69 Å². The molecular weight excluding hydrogens is 242 g/mol. The van der Waals surface area contributed by atoms with Gasteiger partial charge in [-0.1, -0.05) is 62.7 Å². The summed E-state index contributed by atoms with van der Waals surface area (Å²) in [6.45, 7) is 4.46. The minimum absolute atomic E-state index is 0.387. The number of benzene rings is 2. The molecule has 0 saturated carbocycles. The van der Waals surface area contributed by atoms with Gasteiger partial charge >= 0.3 is 0 Å². The molecule has 2 aromatic rings. The molecule has 1 N–H and O–H groups in total. The van der Waals surface area contributed by atoms with Crippen molar-refractivity contribution in [2.75, 3.05) is 5.32 Å². The van der Waals surface area contributed by atoms with Crippen molar-refractivity contribution in [3.05, 3.63) is 65.7 Å². The van der Waals surface area contributed by atoms with Crippen LogP contribution in [-0.2, 0) is 6.42 Å². The number of unbranched alkanes of at least 4 members (excludes halogenated alkanes) is 1. The maximum absolute atomic E-state index is 3.63. The zero-order chi connectivity index (χ0) is 14.2. The third-order valence-corrected chi connectivity index (χ3v) is 3.72. The lowest BCUT2D eigenvalue weighted by Gasteiger charge is -2.19. The van der Waals surface area contributed by atoms with Gasteiger partial charge in [-0.3, -0.25) is 0 Å². The van der Waals surface area contributed by atoms with Gasteiger partial charge in [0.05, 0.1) is 6.04 Å². The highest BCUT2D eigenvalue weighted by Gasteiger charge is 2.08. The molecule has 0 radical (unpaired) electrons. The molecule has 2 aromatic carbocycles. The molecule has 1 heteroatoms. The Hall–Kier alpha value is -1.76. The normalized spacial score (nSPS) is 12.1. The predicted molar refractivity (Wildman–Crippen MR) is 88.2 cm³/mol. The summed E-state index contributed by atoms with van der Waals surface area (Å²) < 4.78 is 0. The van der Waals surface area contributed by atoms with E-state index >= 15 is 0 Å². The van der Waals surface area contributed by atoms with E-state index in [1.54, 1.807) is 0 Å². The van der Waals surface area contributed by atoms with Gasteiger partial charge in [0.25, 0.3) is 0 Å². The van der Waals surface area contributed by atoms with E-state index in [-0.39, 0.29) is 0 Å². The van der Waals surface area contributed by atoms with Gasteiger partial charge < -0.3 is 5.32 Å². The lowest BCUT2D eigenvalue weighted by Crippen LogP contribution is -2.09. The summed E-state index contributed by atoms with van der Waals surface area (Å²) in [6, 6.07) is 19.9. The molecular formula is C19H25N. The zero-order valence-corrected chi connectivity index (χ0v) is 12.6. The minimum atomic E-state index is 0.387. The van der Waals surface area contributed by atoms with E-state index in [1.807, 2.05) is 0 Å². The summed E-state index contributed by atoms with van der Waals surface area (Å²) in [7, 11) is 0. The molecule has 0 aliphatic carbocycles. The number of anilines is 1. The van der Waals surface area contributed by atoms with Crippen LogP contribution in [0.3, 0.4) is 0 Å². The van der Waals surface area contributed by atoms with Crippen LogP contribution in [0.4, 0.5) is 5.69 Å². The molecule has 0 spiro atoms. The monoisotopic (exact) mass is 267 g/mol. The van der Waals surface area contributed by atoms with Crippen LogP contribution in [0.2, 0.25) is 0 Å². The molecule has 106 valence electrons. The van der Waals surface area contributed by atoms with E-state index in [0.717, 1.165) is 6.42 Å². The van der Waals surface area contributed by atoms with Crippen LogP contribution in [0.25, 0.3) is 0 Å². The van der Waals surface area contributed by atoms with Gasteiger partial charge in [-0.2, -0.15) is 0 Å². The van der Waals surface area contributed by atoms with Crippen molar-refractivity contribution in [1.29, 1.82) is 0 Å². The molecule has 2 rings (SSSR count). The molecule has 1 unspecified atom stereocenters. The van der Waals surface area contributed by atoms with Crippen LogP contribution in [0, 0.1) is 0 Å². The second kappa shape index (κ2) is 7.74. The predicted octanol–water partition coefficient (Wildman–Crippen LogP) is 5.59. The van der Waals surface area contributed by atoms with Crippen LogP contribution >= 0.6 is 0 Å². The fraction of sp³-hybridized carbons (Fsp3) is 0.368. The average Bonchev–Trinajstić information content (AvgIpc) is 2.52. The number of aryl methyl sites for hydroxylation is 1. The van der Waals surface area contributed by atoms with E-state index in [2.05, 4.69) is 73.8 Å². The Morgan fingerprint density at radius 1 is 0.900 bits per heavy atom. The molecule has 0 aliphatic rings. The van der Waals surface area contributed by atoms with Crippen molar-refractivity contribution >= 4 is 5.69 Å². The standard InChI is InChI=1S/C19H25N/c1-3-5-9-16-12-14-18(15-13-16)20-19(4-2)17-10-7-6-8-11-17/h6-8,10-15,19-20H,3-5,9H2,1-2H3. The van der Waals surface area contributed by atoms with Gasteiger partial charge in [-0.15, -0.1) is 0 Å². The maximum atomic E-state index is 3.63. The summed E-state index contributed by atoms with van der Waals surface area (Å²) in [4.78, 5) is 0. The SMILES string of the molecule is CCCCc1ccc(NC(CC)c2ccccc2)cc1. The summed E-state index contributed by atoms with van der Waals surface area (Å²) in [5.74, 6) is 0. The molecule has 0 saturated heterocycles. The summed E-state index contributed by atoms with van der Waals surface area (Å²) in [5.41, 5.74) is 4.00. The third kappa shape index (κ3) is 4.12. The van der Waals surface area contributed by atoms with Crippen molar-refractivity contribution in [3.63, 3.8) is 0 Å². The number of rotatable bonds is 7. The molecule has 0 aliphatic heterocycles. The Balaban J connectivity index is 2.01. The van der Waals surface area contributed by atoms with E-state index < -0.39 is 0 Å². The first-order chi connectivity index (χ1) is 9.83. The Kier molecular flexibility index (Phi) is 5.67. The highest BCUT2D eigenvalue weighted by atomic mass is 14.9. The fourth-order valence-corrected chi connectivity index (χ4v) is 2.46. The van der Waals surface area contributed by atoms with Crippen LogP contribution in [0.1, 0.15) is 50.3 Å². The molecule has 0 amide bonds. The first-order valence-electron chi connectivity index (χ1n) is 7.74. The third-order valence-electron chi connectivity index (χ3n) is 3.72. The largest absolute Gasteiger partial charge is 0.378 e. The quantitative estimate of drug-likeness (QED) is 0.689. The minimum Gasteiger partial charge on any atom is -0.378 e. The summed E-state index contributed by atoms with van der Waals surface area (Å²) in [6.07, 6.45) is 4.80. The molecule has 0 fully saturated rings. The fourth-order valence-electron chi connectivity index (χ4n) is 2.46. The first-order valence-corrected chi connectivity index (χ1v) is 7.74. The smallest absolute Gasteiger partial charge is 0.0511 e. The Morgan fingerprint density at radius 3 is 2.20 bits per heavy atom. The van der Waals surface area contributed by atoms with Gasteiger partial charge in [-0.25, -0.2) is 0 Å². The van der Waals surface area contributed by atoms with Crippen molar-refractivity contribution in [1.82, 2.24) is 0 Å². The number of hydrogen-bond donors (Lipinski definition) is 1. The molecule has 0 heterocycles. The highest BCUT2D eigenvalue weighted by molar-refractivity contribution is 5.46. The van der Waals surface area contributed by atoms with E-state index in [1.165, 1.54) is 36.1 Å². The lowest BCUT2D eigenvalue weighted by atomic mass is 10.0. The molecule has 0 bridgehead atoms. The van der Waals surface area contributed by atoms with Gasteiger partial charge in [0.2, 0.25) is 0 Å². The molecule has 1 nitrogen and oxygen atoms in total. The molecule has 20 heavy (non-hydrogen) atoms. The zero-order valence-electron chi connectivity index (χ0n) is 12.6. The number of nitrogens with one attached hydrogen (secondary N) is 1. The van der Waals surface area contributed by atoms with Gasteiger partial charge in [0.15, 0.2) is 0 Å². The second-order valence-corrected chi connectivity index (χ2v) is 5.32. The Bertz CT molecular complexity index is 487. The van der Waals surface area contributed by atoms with Gasteiger partial charge in [-0.05, 0) is 42.5 Å². The maximum Gasteiger partial charge on any atom is 0.0511 e. The van der Waals surface area contributed by atoms with Gasteiger partial charge in [0.1, 0.15) is 0 Å². The van der Waals surface area contributed by atoms with Crippen molar-refractivity contribution in [3.8, 4) is 0 Å². The van der Waals surface area contributed by atoms with E-state index in [9.17, 15) is 0 Å². The molecule has 0 aromatic heterocycles. The summed E-state index contributed by atoms with van der Waals surface area (Å²) in [5, 5.41) is 3.63. The number of hydrogen-bond acceptors (Lipinski definition) is 1. The first kappa shape index (κ1) is 14.6.